The van der Waals surface area contributed by atoms with Gasteiger partial charge in [0, 0.05) is 38.2 Å². The second-order valence-electron chi connectivity index (χ2n) is 8.50. The van der Waals surface area contributed by atoms with Crippen LogP contribution in [-0.4, -0.2) is 32.0 Å². The third-order valence-electron chi connectivity index (χ3n) is 6.52. The molecule has 158 valence electrons. The Bertz CT molecular complexity index is 872. The number of carbonyl (C=O) groups is 1. The molecule has 1 unspecified atom stereocenters. The molecule has 2 aromatic rings. The molecule has 0 aromatic heterocycles. The standard InChI is InChI=1S/C25H32N4O/c1-26-25(28-17-21-15-24(30)29-23-10-6-5-9-22(21)23)27-16-18-11-13-20(14-12-18)19-7-3-2-4-8-19/h2-10,18,20-21H,11-17H2,1H3,(H,29,30)(H2,26,27,28). The summed E-state index contributed by atoms with van der Waals surface area (Å²) >= 11 is 0. The zero-order chi connectivity index (χ0) is 20.8. The molecule has 1 amide bonds. The Morgan fingerprint density at radius 3 is 2.43 bits per heavy atom. The number of benzene rings is 2. The van der Waals surface area contributed by atoms with Gasteiger partial charge in [-0.25, -0.2) is 0 Å². The molecule has 0 bridgehead atoms. The molecule has 30 heavy (non-hydrogen) atoms. The summed E-state index contributed by atoms with van der Waals surface area (Å²) in [6.07, 6.45) is 5.52. The molecular weight excluding hydrogens is 372 g/mol. The summed E-state index contributed by atoms with van der Waals surface area (Å²) in [5.74, 6) is 2.46. The molecule has 0 saturated heterocycles. The Morgan fingerprint density at radius 2 is 1.67 bits per heavy atom. The van der Waals surface area contributed by atoms with Crippen LogP contribution < -0.4 is 16.0 Å². The number of amides is 1. The van der Waals surface area contributed by atoms with Crippen molar-refractivity contribution in [3.05, 3.63) is 65.7 Å². The number of hydrogen-bond acceptors (Lipinski definition) is 2. The number of nitrogens with zero attached hydrogens (tertiary/aromatic N) is 1. The first-order chi connectivity index (χ1) is 14.7. The lowest BCUT2D eigenvalue weighted by Gasteiger charge is -2.30. The van der Waals surface area contributed by atoms with Gasteiger partial charge < -0.3 is 16.0 Å². The Balaban J connectivity index is 1.24. The number of hydrogen-bond donors (Lipinski definition) is 3. The minimum Gasteiger partial charge on any atom is -0.356 e. The van der Waals surface area contributed by atoms with E-state index in [1.165, 1.54) is 36.8 Å². The number of aliphatic imine (C=N–C) groups is 1. The van der Waals surface area contributed by atoms with Crippen molar-refractivity contribution in [3.8, 4) is 0 Å². The fraction of sp³-hybridized carbons (Fsp3) is 0.440. The third kappa shape index (κ3) is 5.02. The molecule has 1 heterocycles. The molecule has 5 nitrogen and oxygen atoms in total. The lowest BCUT2D eigenvalue weighted by atomic mass is 9.79. The molecule has 0 spiro atoms. The highest BCUT2D eigenvalue weighted by molar-refractivity contribution is 5.94. The van der Waals surface area contributed by atoms with E-state index in [0.717, 1.165) is 18.2 Å². The van der Waals surface area contributed by atoms with Crippen LogP contribution in [0.3, 0.4) is 0 Å². The summed E-state index contributed by atoms with van der Waals surface area (Å²) < 4.78 is 0. The maximum Gasteiger partial charge on any atom is 0.225 e. The van der Waals surface area contributed by atoms with E-state index in [9.17, 15) is 4.79 Å². The molecule has 1 fully saturated rings. The number of carbonyl (C=O) groups excluding carboxylic acids is 1. The quantitative estimate of drug-likeness (QED) is 0.516. The predicted molar refractivity (Wildman–Crippen MR) is 123 cm³/mol. The number of guanidine groups is 1. The second-order valence-corrected chi connectivity index (χ2v) is 8.50. The summed E-state index contributed by atoms with van der Waals surface area (Å²) in [7, 11) is 1.81. The summed E-state index contributed by atoms with van der Waals surface area (Å²) in [6, 6.07) is 19.0. The first kappa shape index (κ1) is 20.5. The van der Waals surface area contributed by atoms with E-state index < -0.39 is 0 Å². The number of anilines is 1. The van der Waals surface area contributed by atoms with Crippen molar-refractivity contribution in [1.29, 1.82) is 0 Å². The van der Waals surface area contributed by atoms with Gasteiger partial charge in [-0.1, -0.05) is 48.5 Å². The highest BCUT2D eigenvalue weighted by atomic mass is 16.1. The van der Waals surface area contributed by atoms with Gasteiger partial charge in [-0.15, -0.1) is 0 Å². The van der Waals surface area contributed by atoms with E-state index in [-0.39, 0.29) is 11.8 Å². The van der Waals surface area contributed by atoms with Crippen molar-refractivity contribution < 1.29 is 4.79 Å². The van der Waals surface area contributed by atoms with Gasteiger partial charge >= 0.3 is 0 Å². The summed E-state index contributed by atoms with van der Waals surface area (Å²) in [5.41, 5.74) is 3.61. The lowest BCUT2D eigenvalue weighted by Crippen LogP contribution is -2.42. The van der Waals surface area contributed by atoms with Crippen molar-refractivity contribution in [3.63, 3.8) is 0 Å². The highest BCUT2D eigenvalue weighted by Crippen LogP contribution is 2.35. The van der Waals surface area contributed by atoms with Gasteiger partial charge in [0.2, 0.25) is 5.91 Å². The minimum absolute atomic E-state index is 0.0821. The fourth-order valence-corrected chi connectivity index (χ4v) is 4.79. The van der Waals surface area contributed by atoms with Gasteiger partial charge in [0.05, 0.1) is 0 Å². The zero-order valence-electron chi connectivity index (χ0n) is 17.7. The topological polar surface area (TPSA) is 65.5 Å². The normalized spacial score (nSPS) is 24.0. The molecule has 3 N–H and O–H groups in total. The summed E-state index contributed by atoms with van der Waals surface area (Å²) in [6.45, 7) is 1.65. The van der Waals surface area contributed by atoms with Crippen LogP contribution in [0.1, 0.15) is 55.1 Å². The molecule has 1 aliphatic heterocycles. The van der Waals surface area contributed by atoms with Crippen LogP contribution in [0.4, 0.5) is 5.69 Å². The van der Waals surface area contributed by atoms with Crippen LogP contribution in [-0.2, 0) is 4.79 Å². The van der Waals surface area contributed by atoms with Gasteiger partial charge in [-0.2, -0.15) is 0 Å². The first-order valence-corrected chi connectivity index (χ1v) is 11.1. The van der Waals surface area contributed by atoms with Crippen molar-refractivity contribution in [2.75, 3.05) is 25.5 Å². The average Bonchev–Trinajstić information content (AvgIpc) is 2.80. The van der Waals surface area contributed by atoms with Crippen LogP contribution in [0.25, 0.3) is 0 Å². The molecule has 1 atom stereocenters. The fourth-order valence-electron chi connectivity index (χ4n) is 4.79. The maximum absolute atomic E-state index is 12.0. The van der Waals surface area contributed by atoms with Crippen LogP contribution >= 0.6 is 0 Å². The van der Waals surface area contributed by atoms with E-state index in [1.807, 2.05) is 25.2 Å². The maximum atomic E-state index is 12.0. The average molecular weight is 405 g/mol. The monoisotopic (exact) mass is 404 g/mol. The molecule has 2 aliphatic rings. The zero-order valence-corrected chi connectivity index (χ0v) is 17.7. The largest absolute Gasteiger partial charge is 0.356 e. The van der Waals surface area contributed by atoms with Gasteiger partial charge in [-0.3, -0.25) is 9.79 Å². The number of fused-ring (bicyclic) bond motifs is 1. The van der Waals surface area contributed by atoms with Gasteiger partial charge in [0.25, 0.3) is 0 Å². The van der Waals surface area contributed by atoms with Crippen molar-refractivity contribution in [1.82, 2.24) is 10.6 Å². The van der Waals surface area contributed by atoms with Gasteiger partial charge in [0.15, 0.2) is 5.96 Å². The van der Waals surface area contributed by atoms with Crippen LogP contribution in [0.5, 0.6) is 0 Å². The van der Waals surface area contributed by atoms with Crippen molar-refractivity contribution >= 4 is 17.6 Å². The van der Waals surface area contributed by atoms with E-state index in [2.05, 4.69) is 57.3 Å². The van der Waals surface area contributed by atoms with Gasteiger partial charge in [0.1, 0.15) is 0 Å². The van der Waals surface area contributed by atoms with Gasteiger partial charge in [-0.05, 0) is 54.7 Å². The van der Waals surface area contributed by atoms with E-state index >= 15 is 0 Å². The van der Waals surface area contributed by atoms with E-state index in [1.54, 1.807) is 0 Å². The SMILES string of the molecule is CN=C(NCC1CCC(c2ccccc2)CC1)NCC1CC(=O)Nc2ccccc21. The van der Waals surface area contributed by atoms with E-state index in [4.69, 9.17) is 0 Å². The minimum atomic E-state index is 0.0821. The Kier molecular flexibility index (Phi) is 6.67. The Labute approximate surface area is 179 Å². The van der Waals surface area contributed by atoms with Crippen molar-refractivity contribution in [2.24, 2.45) is 10.9 Å². The Hall–Kier alpha value is -2.82. The molecule has 1 saturated carbocycles. The predicted octanol–water partition coefficient (Wildman–Crippen LogP) is 4.25. The lowest BCUT2D eigenvalue weighted by molar-refractivity contribution is -0.116. The van der Waals surface area contributed by atoms with Crippen LogP contribution in [0.15, 0.2) is 59.6 Å². The molecule has 2 aromatic carbocycles. The molecule has 0 radical (unpaired) electrons. The molecule has 5 heteroatoms. The highest BCUT2D eigenvalue weighted by Gasteiger charge is 2.25. The first-order valence-electron chi connectivity index (χ1n) is 11.1. The number of para-hydroxylation sites is 1. The summed E-state index contributed by atoms with van der Waals surface area (Å²) in [5, 5.41) is 9.90. The second kappa shape index (κ2) is 9.79. The van der Waals surface area contributed by atoms with Crippen LogP contribution in [0, 0.1) is 5.92 Å². The molecule has 1 aliphatic carbocycles. The van der Waals surface area contributed by atoms with E-state index in [0.29, 0.717) is 24.8 Å². The smallest absolute Gasteiger partial charge is 0.225 e. The van der Waals surface area contributed by atoms with Crippen LogP contribution in [0.2, 0.25) is 0 Å². The Morgan fingerprint density at radius 1 is 0.967 bits per heavy atom. The molecular formula is C25H32N4O. The van der Waals surface area contributed by atoms with Crippen molar-refractivity contribution in [2.45, 2.75) is 43.9 Å². The molecule has 4 rings (SSSR count). The number of rotatable bonds is 5. The summed E-state index contributed by atoms with van der Waals surface area (Å²) in [4.78, 5) is 16.4. The third-order valence-corrected chi connectivity index (χ3v) is 6.52. The number of nitrogens with one attached hydrogen (secondary N) is 3.